The molecular formula is C18H26O10. The molecule has 1 fully saturated rings. The van der Waals surface area contributed by atoms with Crippen LogP contribution in [-0.2, 0) is 47.7 Å². The Morgan fingerprint density at radius 1 is 0.679 bits per heavy atom. The third-order valence-electron chi connectivity index (χ3n) is 3.87. The summed E-state index contributed by atoms with van der Waals surface area (Å²) in [5.74, 6) is -2.76. The van der Waals surface area contributed by atoms with Crippen molar-refractivity contribution in [2.75, 3.05) is 6.61 Å². The fraction of sp³-hybridized carbons (Fsp3) is 0.722. The molecule has 10 heteroatoms. The fourth-order valence-electron chi connectivity index (χ4n) is 2.90. The minimum Gasteiger partial charge on any atom is -0.463 e. The highest BCUT2D eigenvalue weighted by Gasteiger charge is 2.51. The number of esters is 4. The molecule has 1 heterocycles. The van der Waals surface area contributed by atoms with E-state index in [1.54, 1.807) is 0 Å². The van der Waals surface area contributed by atoms with Gasteiger partial charge in [0.15, 0.2) is 18.3 Å². The van der Waals surface area contributed by atoms with Gasteiger partial charge in [0.25, 0.3) is 0 Å². The van der Waals surface area contributed by atoms with Crippen molar-refractivity contribution in [3.05, 3.63) is 0 Å². The lowest BCUT2D eigenvalue weighted by molar-refractivity contribution is -0.253. The largest absolute Gasteiger partial charge is 0.463 e. The van der Waals surface area contributed by atoms with Gasteiger partial charge < -0.3 is 28.5 Å². The SMILES string of the molecule is CC(=O)CC[C@H]1O[C@H](COC(C)=O)[C@@H](OC(C)=O)[C@H](OC(C)=O)[C@H]1OC(C)=O. The van der Waals surface area contributed by atoms with Gasteiger partial charge in [-0.2, -0.15) is 0 Å². The van der Waals surface area contributed by atoms with Crippen LogP contribution in [0.3, 0.4) is 0 Å². The first-order chi connectivity index (χ1) is 13.0. The Balaban J connectivity index is 3.26. The number of ketones is 1. The van der Waals surface area contributed by atoms with E-state index in [1.165, 1.54) is 20.8 Å². The van der Waals surface area contributed by atoms with Crippen molar-refractivity contribution in [3.63, 3.8) is 0 Å². The first-order valence-corrected chi connectivity index (χ1v) is 8.81. The van der Waals surface area contributed by atoms with Crippen LogP contribution in [0.5, 0.6) is 0 Å². The fourth-order valence-corrected chi connectivity index (χ4v) is 2.90. The normalized spacial score (nSPS) is 26.7. The number of carbonyl (C=O) groups excluding carboxylic acids is 5. The topological polar surface area (TPSA) is 132 Å². The Hall–Kier alpha value is -2.49. The Bertz CT molecular complexity index is 569. The van der Waals surface area contributed by atoms with E-state index in [4.69, 9.17) is 23.7 Å². The van der Waals surface area contributed by atoms with Gasteiger partial charge in [-0.1, -0.05) is 0 Å². The van der Waals surface area contributed by atoms with E-state index in [-0.39, 0.29) is 25.2 Å². The summed E-state index contributed by atoms with van der Waals surface area (Å²) < 4.78 is 26.6. The van der Waals surface area contributed by atoms with Crippen molar-refractivity contribution >= 4 is 29.7 Å². The maximum atomic E-state index is 11.6. The van der Waals surface area contributed by atoms with E-state index in [1.807, 2.05) is 0 Å². The first kappa shape index (κ1) is 23.5. The van der Waals surface area contributed by atoms with Crippen LogP contribution < -0.4 is 0 Å². The van der Waals surface area contributed by atoms with Crippen molar-refractivity contribution in [2.45, 2.75) is 78.0 Å². The number of ether oxygens (including phenoxy) is 5. The third kappa shape index (κ3) is 7.63. The van der Waals surface area contributed by atoms with Crippen LogP contribution in [0.1, 0.15) is 47.5 Å². The quantitative estimate of drug-likeness (QED) is 0.417. The third-order valence-corrected chi connectivity index (χ3v) is 3.87. The van der Waals surface area contributed by atoms with Crippen molar-refractivity contribution in [1.29, 1.82) is 0 Å². The van der Waals surface area contributed by atoms with Crippen molar-refractivity contribution in [3.8, 4) is 0 Å². The molecule has 0 spiro atoms. The number of hydrogen-bond acceptors (Lipinski definition) is 10. The second-order valence-corrected chi connectivity index (χ2v) is 6.48. The molecular weight excluding hydrogens is 376 g/mol. The minimum atomic E-state index is -1.20. The lowest BCUT2D eigenvalue weighted by atomic mass is 9.91. The molecule has 0 aromatic rings. The molecule has 1 aliphatic rings. The summed E-state index contributed by atoms with van der Waals surface area (Å²) in [5, 5.41) is 0. The molecule has 0 saturated carbocycles. The summed E-state index contributed by atoms with van der Waals surface area (Å²) >= 11 is 0. The summed E-state index contributed by atoms with van der Waals surface area (Å²) in [7, 11) is 0. The highest BCUT2D eigenvalue weighted by Crippen LogP contribution is 2.31. The molecule has 1 aliphatic heterocycles. The molecule has 0 aromatic heterocycles. The molecule has 0 amide bonds. The van der Waals surface area contributed by atoms with Crippen LogP contribution in [0.2, 0.25) is 0 Å². The Morgan fingerprint density at radius 2 is 1.14 bits per heavy atom. The zero-order chi connectivity index (χ0) is 21.4. The predicted octanol–water partition coefficient (Wildman–Crippen LogP) is 0.481. The van der Waals surface area contributed by atoms with Gasteiger partial charge in [-0.15, -0.1) is 0 Å². The van der Waals surface area contributed by atoms with E-state index in [9.17, 15) is 24.0 Å². The number of Topliss-reactive ketones (excluding diaryl/α,β-unsaturated/α-hetero) is 1. The highest BCUT2D eigenvalue weighted by molar-refractivity contribution is 5.75. The molecule has 0 N–H and O–H groups in total. The molecule has 10 nitrogen and oxygen atoms in total. The second-order valence-electron chi connectivity index (χ2n) is 6.48. The Kier molecular flexibility index (Phi) is 9.04. The van der Waals surface area contributed by atoms with Crippen LogP contribution in [-0.4, -0.2) is 66.8 Å². The van der Waals surface area contributed by atoms with Gasteiger partial charge in [0, 0.05) is 34.1 Å². The number of rotatable bonds is 8. The summed E-state index contributed by atoms with van der Waals surface area (Å²) in [5.41, 5.74) is 0. The molecule has 0 unspecified atom stereocenters. The maximum absolute atomic E-state index is 11.6. The molecule has 158 valence electrons. The molecule has 1 saturated heterocycles. The van der Waals surface area contributed by atoms with Gasteiger partial charge >= 0.3 is 23.9 Å². The smallest absolute Gasteiger partial charge is 0.303 e. The molecule has 28 heavy (non-hydrogen) atoms. The number of hydrogen-bond donors (Lipinski definition) is 0. The molecule has 0 aromatic carbocycles. The average molecular weight is 402 g/mol. The van der Waals surface area contributed by atoms with Crippen LogP contribution in [0.25, 0.3) is 0 Å². The van der Waals surface area contributed by atoms with Gasteiger partial charge in [0.1, 0.15) is 18.5 Å². The van der Waals surface area contributed by atoms with E-state index in [0.29, 0.717) is 0 Å². The van der Waals surface area contributed by atoms with E-state index in [2.05, 4.69) is 0 Å². The molecule has 5 atom stereocenters. The Morgan fingerprint density at radius 3 is 1.57 bits per heavy atom. The van der Waals surface area contributed by atoms with Crippen LogP contribution in [0.15, 0.2) is 0 Å². The average Bonchev–Trinajstić information content (AvgIpc) is 2.54. The minimum absolute atomic E-state index is 0.118. The second kappa shape index (κ2) is 10.7. The monoisotopic (exact) mass is 402 g/mol. The summed E-state index contributed by atoms with van der Waals surface area (Å²) in [6, 6.07) is 0. The van der Waals surface area contributed by atoms with Gasteiger partial charge in [-0.05, 0) is 13.3 Å². The van der Waals surface area contributed by atoms with Crippen molar-refractivity contribution < 1.29 is 47.7 Å². The van der Waals surface area contributed by atoms with E-state index in [0.717, 1.165) is 13.8 Å². The number of carbonyl (C=O) groups is 5. The lowest BCUT2D eigenvalue weighted by Crippen LogP contribution is -2.62. The van der Waals surface area contributed by atoms with Crippen LogP contribution in [0.4, 0.5) is 0 Å². The van der Waals surface area contributed by atoms with Gasteiger partial charge in [0.05, 0.1) is 6.10 Å². The van der Waals surface area contributed by atoms with Crippen LogP contribution in [0, 0.1) is 0 Å². The van der Waals surface area contributed by atoms with Gasteiger partial charge in [0.2, 0.25) is 0 Å². The highest BCUT2D eigenvalue weighted by atomic mass is 16.7. The van der Waals surface area contributed by atoms with E-state index < -0.39 is 54.4 Å². The first-order valence-electron chi connectivity index (χ1n) is 8.81. The molecule has 0 radical (unpaired) electrons. The van der Waals surface area contributed by atoms with Gasteiger partial charge in [-0.3, -0.25) is 19.2 Å². The standard InChI is InChI=1S/C18H26O10/c1-9(19)6-7-14-16(25-11(3)21)18(27-13(5)23)17(26-12(4)22)15(28-14)8-24-10(2)20/h14-18H,6-8H2,1-5H3/t14-,15-,16+,17-,18-/m1/s1. The molecule has 1 rings (SSSR count). The van der Waals surface area contributed by atoms with Crippen molar-refractivity contribution in [2.24, 2.45) is 0 Å². The lowest BCUT2D eigenvalue weighted by Gasteiger charge is -2.44. The predicted molar refractivity (Wildman–Crippen MR) is 91.9 cm³/mol. The maximum Gasteiger partial charge on any atom is 0.303 e. The Labute approximate surface area is 162 Å². The van der Waals surface area contributed by atoms with Crippen molar-refractivity contribution in [1.82, 2.24) is 0 Å². The summed E-state index contributed by atoms with van der Waals surface area (Å²) in [6.07, 6.45) is -5.04. The molecule has 0 aliphatic carbocycles. The van der Waals surface area contributed by atoms with Crippen LogP contribution >= 0.6 is 0 Å². The summed E-state index contributed by atoms with van der Waals surface area (Å²) in [4.78, 5) is 57.4. The zero-order valence-electron chi connectivity index (χ0n) is 16.6. The zero-order valence-corrected chi connectivity index (χ0v) is 16.6. The molecule has 0 bridgehead atoms. The van der Waals surface area contributed by atoms with Gasteiger partial charge in [-0.25, -0.2) is 0 Å². The van der Waals surface area contributed by atoms with E-state index >= 15 is 0 Å². The summed E-state index contributed by atoms with van der Waals surface area (Å²) in [6.45, 7) is 5.77.